The summed E-state index contributed by atoms with van der Waals surface area (Å²) < 4.78 is 31.8. The highest BCUT2D eigenvalue weighted by Crippen LogP contribution is 2.19. The van der Waals surface area contributed by atoms with Crippen molar-refractivity contribution in [2.24, 2.45) is 0 Å². The minimum Gasteiger partial charge on any atom is -0.338 e. The Balaban J connectivity index is 1.33. The summed E-state index contributed by atoms with van der Waals surface area (Å²) in [4.78, 5) is 20.6. The molecule has 2 heterocycles. The molecule has 1 aromatic heterocycles. The Hall–Kier alpha value is -2.84. The van der Waals surface area contributed by atoms with Crippen LogP contribution in [0.5, 0.6) is 0 Å². The van der Waals surface area contributed by atoms with E-state index in [0.29, 0.717) is 49.5 Å². The van der Waals surface area contributed by atoms with Crippen molar-refractivity contribution in [2.75, 3.05) is 26.2 Å². The van der Waals surface area contributed by atoms with Crippen LogP contribution in [0.25, 0.3) is 11.4 Å². The van der Waals surface area contributed by atoms with Crippen molar-refractivity contribution in [3.63, 3.8) is 0 Å². The summed E-state index contributed by atoms with van der Waals surface area (Å²) in [6.45, 7) is 2.61. The normalized spacial score (nSPS) is 14.9. The van der Waals surface area contributed by atoms with Crippen LogP contribution in [0.1, 0.15) is 16.2 Å². The van der Waals surface area contributed by atoms with E-state index in [1.807, 2.05) is 12.1 Å². The Morgan fingerprint density at radius 1 is 1.03 bits per heavy atom. The van der Waals surface area contributed by atoms with Crippen LogP contribution in [0.15, 0.2) is 47.0 Å². The van der Waals surface area contributed by atoms with Gasteiger partial charge in [-0.1, -0.05) is 16.8 Å². The average Bonchev–Trinajstić information content (AvgIpc) is 3.19. The van der Waals surface area contributed by atoms with Crippen LogP contribution in [-0.4, -0.2) is 52.0 Å². The third-order valence-corrected chi connectivity index (χ3v) is 5.01. The van der Waals surface area contributed by atoms with Gasteiger partial charge in [0.25, 0.3) is 5.91 Å². The molecule has 29 heavy (non-hydrogen) atoms. The third kappa shape index (κ3) is 4.44. The molecule has 6 nitrogen and oxygen atoms in total. The van der Waals surface area contributed by atoms with E-state index in [0.717, 1.165) is 17.7 Å². The maximum absolute atomic E-state index is 13.4. The fourth-order valence-corrected chi connectivity index (χ4v) is 3.27. The molecule has 1 aliphatic rings. The molecule has 3 aromatic rings. The summed E-state index contributed by atoms with van der Waals surface area (Å²) in [7, 11) is 0. The van der Waals surface area contributed by atoms with Crippen molar-refractivity contribution in [2.45, 2.75) is 6.54 Å². The minimum atomic E-state index is -1.03. The number of piperazine rings is 1. The number of carbonyl (C=O) groups excluding carboxylic acids is 1. The third-order valence-electron chi connectivity index (χ3n) is 4.76. The summed E-state index contributed by atoms with van der Waals surface area (Å²) in [6, 6.07) is 10.4. The maximum Gasteiger partial charge on any atom is 0.254 e. The van der Waals surface area contributed by atoms with Gasteiger partial charge in [0.05, 0.1) is 6.54 Å². The Morgan fingerprint density at radius 2 is 1.76 bits per heavy atom. The van der Waals surface area contributed by atoms with Crippen LogP contribution in [-0.2, 0) is 6.54 Å². The van der Waals surface area contributed by atoms with Gasteiger partial charge in [0.15, 0.2) is 11.6 Å². The van der Waals surface area contributed by atoms with Crippen molar-refractivity contribution in [1.29, 1.82) is 0 Å². The van der Waals surface area contributed by atoms with Gasteiger partial charge in [0.2, 0.25) is 11.7 Å². The van der Waals surface area contributed by atoms with Gasteiger partial charge in [0.1, 0.15) is 0 Å². The standard InChI is InChI=1S/C20H17ClF2N4O2/c21-15-4-1-13(2-5-15)19-24-18(29-25-19)12-26-7-9-27(10-8-26)20(28)14-3-6-16(22)17(23)11-14/h1-6,11H,7-10,12H2. The van der Waals surface area contributed by atoms with Crippen LogP contribution >= 0.6 is 11.6 Å². The van der Waals surface area contributed by atoms with Crippen LogP contribution < -0.4 is 0 Å². The summed E-state index contributed by atoms with van der Waals surface area (Å²) in [5, 5.41) is 4.63. The van der Waals surface area contributed by atoms with Crippen LogP contribution in [0, 0.1) is 11.6 Å². The highest BCUT2D eigenvalue weighted by atomic mass is 35.5. The molecule has 0 spiro atoms. The first-order chi connectivity index (χ1) is 14.0. The number of halogens is 3. The molecule has 4 rings (SSSR count). The van der Waals surface area contributed by atoms with Crippen molar-refractivity contribution < 1.29 is 18.1 Å². The molecule has 1 fully saturated rings. The van der Waals surface area contributed by atoms with E-state index in [9.17, 15) is 13.6 Å². The molecule has 150 valence electrons. The molecule has 2 aromatic carbocycles. The zero-order valence-corrected chi connectivity index (χ0v) is 16.1. The summed E-state index contributed by atoms with van der Waals surface area (Å²) >= 11 is 5.89. The minimum absolute atomic E-state index is 0.141. The molecule has 0 bridgehead atoms. The highest BCUT2D eigenvalue weighted by Gasteiger charge is 2.24. The van der Waals surface area contributed by atoms with Gasteiger partial charge < -0.3 is 9.42 Å². The summed E-state index contributed by atoms with van der Waals surface area (Å²) in [6.07, 6.45) is 0. The fraction of sp³-hybridized carbons (Fsp3) is 0.250. The van der Waals surface area contributed by atoms with Gasteiger partial charge in [-0.3, -0.25) is 9.69 Å². The Labute approximate surface area is 170 Å². The van der Waals surface area contributed by atoms with Crippen LogP contribution in [0.3, 0.4) is 0 Å². The Morgan fingerprint density at radius 3 is 2.45 bits per heavy atom. The molecule has 0 aliphatic carbocycles. The van der Waals surface area contributed by atoms with Crippen LogP contribution in [0.2, 0.25) is 5.02 Å². The van der Waals surface area contributed by atoms with E-state index in [1.54, 1.807) is 17.0 Å². The first-order valence-corrected chi connectivity index (χ1v) is 9.42. The second-order valence-corrected chi connectivity index (χ2v) is 7.15. The van der Waals surface area contributed by atoms with Crippen molar-refractivity contribution in [1.82, 2.24) is 19.9 Å². The van der Waals surface area contributed by atoms with Gasteiger partial charge in [-0.25, -0.2) is 8.78 Å². The predicted molar refractivity (Wildman–Crippen MR) is 102 cm³/mol. The van der Waals surface area contributed by atoms with Crippen molar-refractivity contribution in [3.05, 3.63) is 70.6 Å². The van der Waals surface area contributed by atoms with E-state index in [4.69, 9.17) is 16.1 Å². The lowest BCUT2D eigenvalue weighted by Gasteiger charge is -2.34. The summed E-state index contributed by atoms with van der Waals surface area (Å²) in [5.74, 6) is -1.34. The van der Waals surface area contributed by atoms with E-state index in [1.165, 1.54) is 6.07 Å². The monoisotopic (exact) mass is 418 g/mol. The highest BCUT2D eigenvalue weighted by molar-refractivity contribution is 6.30. The maximum atomic E-state index is 13.4. The quantitative estimate of drug-likeness (QED) is 0.647. The number of hydrogen-bond acceptors (Lipinski definition) is 5. The lowest BCUT2D eigenvalue weighted by molar-refractivity contribution is 0.0614. The van der Waals surface area contributed by atoms with E-state index < -0.39 is 11.6 Å². The number of nitrogens with zero attached hydrogens (tertiary/aromatic N) is 4. The zero-order valence-electron chi connectivity index (χ0n) is 15.3. The SMILES string of the molecule is O=C(c1ccc(F)c(F)c1)N1CCN(Cc2nc(-c3ccc(Cl)cc3)no2)CC1. The molecular formula is C20H17ClF2N4O2. The molecule has 9 heteroatoms. The molecule has 1 aliphatic heterocycles. The molecule has 0 atom stereocenters. The molecule has 1 saturated heterocycles. The van der Waals surface area contributed by atoms with E-state index >= 15 is 0 Å². The second kappa shape index (κ2) is 8.26. The van der Waals surface area contributed by atoms with Gasteiger partial charge in [-0.2, -0.15) is 4.98 Å². The van der Waals surface area contributed by atoms with Gasteiger partial charge in [-0.15, -0.1) is 0 Å². The molecular weight excluding hydrogens is 402 g/mol. The topological polar surface area (TPSA) is 62.5 Å². The summed E-state index contributed by atoms with van der Waals surface area (Å²) in [5.41, 5.74) is 0.952. The zero-order chi connectivity index (χ0) is 20.4. The largest absolute Gasteiger partial charge is 0.338 e. The molecule has 0 radical (unpaired) electrons. The van der Waals surface area contributed by atoms with Gasteiger partial charge in [0, 0.05) is 42.3 Å². The van der Waals surface area contributed by atoms with Gasteiger partial charge in [-0.05, 0) is 42.5 Å². The number of hydrogen-bond donors (Lipinski definition) is 0. The lowest BCUT2D eigenvalue weighted by atomic mass is 10.1. The number of amides is 1. The number of carbonyl (C=O) groups is 1. The lowest BCUT2D eigenvalue weighted by Crippen LogP contribution is -2.48. The first-order valence-electron chi connectivity index (χ1n) is 9.05. The van der Waals surface area contributed by atoms with Gasteiger partial charge >= 0.3 is 0 Å². The Bertz CT molecular complexity index is 1020. The fourth-order valence-electron chi connectivity index (χ4n) is 3.15. The average molecular weight is 419 g/mol. The number of aromatic nitrogens is 2. The molecule has 0 unspecified atom stereocenters. The second-order valence-electron chi connectivity index (χ2n) is 6.72. The smallest absolute Gasteiger partial charge is 0.254 e. The van der Waals surface area contributed by atoms with Crippen molar-refractivity contribution >= 4 is 17.5 Å². The first kappa shape index (κ1) is 19.5. The van der Waals surface area contributed by atoms with Crippen LogP contribution in [0.4, 0.5) is 8.78 Å². The van der Waals surface area contributed by atoms with E-state index in [-0.39, 0.29) is 11.5 Å². The molecule has 0 saturated carbocycles. The number of rotatable bonds is 4. The molecule has 0 N–H and O–H groups in total. The molecule has 1 amide bonds. The van der Waals surface area contributed by atoms with Crippen molar-refractivity contribution in [3.8, 4) is 11.4 Å². The van der Waals surface area contributed by atoms with E-state index in [2.05, 4.69) is 15.0 Å². The number of benzene rings is 2. The predicted octanol–water partition coefficient (Wildman–Crippen LogP) is 3.63. The Kier molecular flexibility index (Phi) is 5.55.